The van der Waals surface area contributed by atoms with Gasteiger partial charge in [-0.1, -0.05) is 60.7 Å². The zero-order valence-electron chi connectivity index (χ0n) is 13.7. The molecule has 0 aliphatic rings. The van der Waals surface area contributed by atoms with Gasteiger partial charge in [0.1, 0.15) is 5.75 Å². The van der Waals surface area contributed by atoms with Crippen molar-refractivity contribution in [3.05, 3.63) is 77.9 Å². The van der Waals surface area contributed by atoms with Crippen molar-refractivity contribution in [3.8, 4) is 5.75 Å². The zero-order chi connectivity index (χ0) is 17.9. The van der Waals surface area contributed by atoms with Crippen molar-refractivity contribution in [1.29, 1.82) is 0 Å². The van der Waals surface area contributed by atoms with Crippen LogP contribution in [-0.2, 0) is 10.4 Å². The molecule has 0 heterocycles. The van der Waals surface area contributed by atoms with Crippen LogP contribution >= 0.6 is 0 Å². The number of phenols is 1. The van der Waals surface area contributed by atoms with Gasteiger partial charge < -0.3 is 10.2 Å². The smallest absolute Gasteiger partial charge is 0.276 e. The van der Waals surface area contributed by atoms with E-state index in [9.17, 15) is 15.0 Å². The molecule has 1 atom stereocenters. The molecule has 5 nitrogen and oxygen atoms in total. The van der Waals surface area contributed by atoms with Gasteiger partial charge in [0.25, 0.3) is 5.91 Å². The maximum atomic E-state index is 12.3. The van der Waals surface area contributed by atoms with Crippen LogP contribution in [0.5, 0.6) is 5.75 Å². The lowest BCUT2D eigenvalue weighted by molar-refractivity contribution is -0.138. The fraction of sp³-hybridized carbons (Fsp3) is 0.100. The fourth-order valence-electron chi connectivity index (χ4n) is 2.58. The monoisotopic (exact) mass is 334 g/mol. The summed E-state index contributed by atoms with van der Waals surface area (Å²) in [6.45, 7) is 1.41. The quantitative estimate of drug-likeness (QED) is 0.507. The van der Waals surface area contributed by atoms with E-state index in [2.05, 4.69) is 10.5 Å². The van der Waals surface area contributed by atoms with E-state index >= 15 is 0 Å². The van der Waals surface area contributed by atoms with Crippen LogP contribution in [0.3, 0.4) is 0 Å². The van der Waals surface area contributed by atoms with E-state index in [1.54, 1.807) is 42.5 Å². The molecular formula is C20H18N2O3. The third-order valence-corrected chi connectivity index (χ3v) is 4.09. The number of hydrogen-bond acceptors (Lipinski definition) is 4. The molecule has 0 aromatic heterocycles. The predicted octanol–water partition coefficient (Wildman–Crippen LogP) is 2.90. The van der Waals surface area contributed by atoms with E-state index in [0.717, 1.165) is 10.8 Å². The molecule has 1 amide bonds. The van der Waals surface area contributed by atoms with E-state index in [4.69, 9.17) is 0 Å². The minimum Gasteiger partial charge on any atom is -0.507 e. The first kappa shape index (κ1) is 16.7. The number of fused-ring (bicyclic) bond motifs is 1. The highest BCUT2D eigenvalue weighted by Gasteiger charge is 2.32. The molecule has 3 rings (SSSR count). The summed E-state index contributed by atoms with van der Waals surface area (Å²) in [5, 5.41) is 26.2. The van der Waals surface area contributed by atoms with Gasteiger partial charge in [-0.2, -0.15) is 5.10 Å². The van der Waals surface area contributed by atoms with Crippen LogP contribution < -0.4 is 5.43 Å². The Hall–Kier alpha value is -3.18. The zero-order valence-corrected chi connectivity index (χ0v) is 13.7. The van der Waals surface area contributed by atoms with Gasteiger partial charge >= 0.3 is 0 Å². The molecule has 0 aliphatic carbocycles. The number of aromatic hydroxyl groups is 1. The lowest BCUT2D eigenvalue weighted by Gasteiger charge is -2.21. The Morgan fingerprint density at radius 3 is 2.48 bits per heavy atom. The van der Waals surface area contributed by atoms with Crippen molar-refractivity contribution in [1.82, 2.24) is 5.43 Å². The number of hydrogen-bond donors (Lipinski definition) is 3. The first-order valence-corrected chi connectivity index (χ1v) is 7.82. The molecule has 5 heteroatoms. The Bertz CT molecular complexity index is 934. The van der Waals surface area contributed by atoms with Crippen LogP contribution in [-0.4, -0.2) is 22.3 Å². The molecule has 1 unspecified atom stereocenters. The Labute approximate surface area is 145 Å². The highest BCUT2D eigenvalue weighted by molar-refractivity contribution is 6.02. The Morgan fingerprint density at radius 2 is 1.72 bits per heavy atom. The van der Waals surface area contributed by atoms with E-state index < -0.39 is 11.5 Å². The normalized spacial score (nSPS) is 13.7. The highest BCUT2D eigenvalue weighted by Crippen LogP contribution is 2.25. The van der Waals surface area contributed by atoms with Crippen molar-refractivity contribution in [2.75, 3.05) is 0 Å². The number of carbonyl (C=O) groups is 1. The van der Waals surface area contributed by atoms with Gasteiger partial charge in [0, 0.05) is 5.56 Å². The lowest BCUT2D eigenvalue weighted by atomic mass is 9.95. The van der Waals surface area contributed by atoms with Gasteiger partial charge in [0.05, 0.1) is 6.21 Å². The molecule has 126 valence electrons. The fourth-order valence-corrected chi connectivity index (χ4v) is 2.58. The number of nitrogens with one attached hydrogen (secondary N) is 1. The van der Waals surface area contributed by atoms with Crippen molar-refractivity contribution >= 4 is 22.9 Å². The number of benzene rings is 3. The van der Waals surface area contributed by atoms with Crippen molar-refractivity contribution < 1.29 is 15.0 Å². The summed E-state index contributed by atoms with van der Waals surface area (Å²) in [4.78, 5) is 12.3. The van der Waals surface area contributed by atoms with Gasteiger partial charge in [0.15, 0.2) is 5.60 Å². The summed E-state index contributed by atoms with van der Waals surface area (Å²) in [7, 11) is 0. The number of hydrazone groups is 1. The van der Waals surface area contributed by atoms with Crippen LogP contribution in [0.2, 0.25) is 0 Å². The molecule has 3 aromatic rings. The second kappa shape index (κ2) is 6.75. The summed E-state index contributed by atoms with van der Waals surface area (Å²) in [6.07, 6.45) is 1.37. The van der Waals surface area contributed by atoms with Crippen LogP contribution in [0, 0.1) is 0 Å². The predicted molar refractivity (Wildman–Crippen MR) is 97.4 cm³/mol. The molecule has 0 saturated carbocycles. The number of aliphatic hydroxyl groups is 1. The van der Waals surface area contributed by atoms with Gasteiger partial charge in [-0.25, -0.2) is 5.43 Å². The topological polar surface area (TPSA) is 81.9 Å². The molecular weight excluding hydrogens is 316 g/mol. The maximum absolute atomic E-state index is 12.3. The van der Waals surface area contributed by atoms with Crippen LogP contribution in [0.15, 0.2) is 71.8 Å². The van der Waals surface area contributed by atoms with Crippen molar-refractivity contribution in [3.63, 3.8) is 0 Å². The first-order chi connectivity index (χ1) is 12.0. The highest BCUT2D eigenvalue weighted by atomic mass is 16.3. The molecule has 0 radical (unpaired) electrons. The molecule has 0 bridgehead atoms. The third-order valence-electron chi connectivity index (χ3n) is 4.09. The number of phenolic OH excluding ortho intramolecular Hbond substituents is 1. The van der Waals surface area contributed by atoms with Crippen LogP contribution in [0.4, 0.5) is 0 Å². The number of carbonyl (C=O) groups excluding carboxylic acids is 1. The first-order valence-electron chi connectivity index (χ1n) is 7.82. The maximum Gasteiger partial charge on any atom is 0.276 e. The summed E-state index contributed by atoms with van der Waals surface area (Å²) in [6, 6.07) is 19.5. The van der Waals surface area contributed by atoms with Gasteiger partial charge in [-0.05, 0) is 29.3 Å². The van der Waals surface area contributed by atoms with Crippen molar-refractivity contribution in [2.24, 2.45) is 5.10 Å². The Kier molecular flexibility index (Phi) is 4.50. The van der Waals surface area contributed by atoms with Crippen LogP contribution in [0.25, 0.3) is 10.8 Å². The van der Waals surface area contributed by atoms with E-state index in [1.165, 1.54) is 13.1 Å². The number of nitrogens with zero attached hydrogens (tertiary/aromatic N) is 1. The third kappa shape index (κ3) is 3.36. The Morgan fingerprint density at radius 1 is 1.04 bits per heavy atom. The number of rotatable bonds is 4. The number of amides is 1. The average Bonchev–Trinajstić information content (AvgIpc) is 2.64. The largest absolute Gasteiger partial charge is 0.507 e. The SMILES string of the molecule is CC(O)(C(=O)N/N=C/c1c(O)ccc2ccccc12)c1ccccc1. The standard InChI is InChI=1S/C20H18N2O3/c1-20(25,15-8-3-2-4-9-15)19(24)22-21-13-17-16-10-6-5-7-14(16)11-12-18(17)23/h2-13,23,25H,1H3,(H,22,24)/b21-13+. The minimum absolute atomic E-state index is 0.0616. The van der Waals surface area contributed by atoms with Gasteiger partial charge in [-0.3, -0.25) is 4.79 Å². The molecule has 0 aliphatic heterocycles. The molecule has 25 heavy (non-hydrogen) atoms. The van der Waals surface area contributed by atoms with Crippen LogP contribution in [0.1, 0.15) is 18.1 Å². The molecule has 3 N–H and O–H groups in total. The lowest BCUT2D eigenvalue weighted by Crippen LogP contribution is -2.40. The second-order valence-corrected chi connectivity index (χ2v) is 5.86. The van der Waals surface area contributed by atoms with Gasteiger partial charge in [-0.15, -0.1) is 0 Å². The molecule has 0 saturated heterocycles. The molecule has 3 aromatic carbocycles. The van der Waals surface area contributed by atoms with E-state index in [0.29, 0.717) is 11.1 Å². The van der Waals surface area contributed by atoms with Crippen molar-refractivity contribution in [2.45, 2.75) is 12.5 Å². The van der Waals surface area contributed by atoms with E-state index in [1.807, 2.05) is 24.3 Å². The minimum atomic E-state index is -1.71. The van der Waals surface area contributed by atoms with Gasteiger partial charge in [0.2, 0.25) is 0 Å². The summed E-state index contributed by atoms with van der Waals surface area (Å²) < 4.78 is 0. The Balaban J connectivity index is 1.82. The summed E-state index contributed by atoms with van der Waals surface area (Å²) in [5.41, 5.74) is 1.59. The molecule has 0 fully saturated rings. The summed E-state index contributed by atoms with van der Waals surface area (Å²) in [5.74, 6) is -0.596. The summed E-state index contributed by atoms with van der Waals surface area (Å²) >= 11 is 0. The van der Waals surface area contributed by atoms with E-state index in [-0.39, 0.29) is 5.75 Å². The second-order valence-electron chi connectivity index (χ2n) is 5.86. The average molecular weight is 334 g/mol. The molecule has 0 spiro atoms.